The Bertz CT molecular complexity index is 779. The normalized spacial score (nSPS) is 13.2. The highest BCUT2D eigenvalue weighted by Gasteiger charge is 2.34. The van der Waals surface area contributed by atoms with Crippen LogP contribution in [0.2, 0.25) is 0 Å². The molecule has 26 heavy (non-hydrogen) atoms. The van der Waals surface area contributed by atoms with Crippen LogP contribution < -0.4 is 14.2 Å². The van der Waals surface area contributed by atoms with Gasteiger partial charge >= 0.3 is 0 Å². The fraction of sp³-hybridized carbons (Fsp3) is 0.350. The summed E-state index contributed by atoms with van der Waals surface area (Å²) in [7, 11) is 4.52. The molecule has 0 aromatic heterocycles. The minimum absolute atomic E-state index is 0.126. The van der Waals surface area contributed by atoms with E-state index in [1.54, 1.807) is 35.2 Å². The molecule has 1 aliphatic rings. The minimum atomic E-state index is -0.309. The zero-order valence-electron chi connectivity index (χ0n) is 15.1. The van der Waals surface area contributed by atoms with Crippen LogP contribution in [0.25, 0.3) is 0 Å². The largest absolute Gasteiger partial charge is 0.493 e. The molecule has 0 aliphatic heterocycles. The summed E-state index contributed by atoms with van der Waals surface area (Å²) in [4.78, 5) is 14.8. The van der Waals surface area contributed by atoms with Gasteiger partial charge in [-0.2, -0.15) is 0 Å². The van der Waals surface area contributed by atoms with Gasteiger partial charge in [0.05, 0.1) is 21.3 Å². The molecule has 0 unspecified atom stereocenters. The Morgan fingerprint density at radius 3 is 2.19 bits per heavy atom. The maximum Gasteiger partial charge on any atom is 0.254 e. The van der Waals surface area contributed by atoms with Crippen LogP contribution in [0, 0.1) is 5.82 Å². The molecule has 3 rings (SSSR count). The van der Waals surface area contributed by atoms with Crippen LogP contribution in [0.5, 0.6) is 17.2 Å². The number of rotatable bonds is 7. The number of benzene rings is 2. The van der Waals surface area contributed by atoms with Gasteiger partial charge in [-0.05, 0) is 31.0 Å². The highest BCUT2D eigenvalue weighted by Crippen LogP contribution is 2.39. The van der Waals surface area contributed by atoms with Gasteiger partial charge in [0.2, 0.25) is 5.75 Å². The van der Waals surface area contributed by atoms with E-state index in [0.717, 1.165) is 12.8 Å². The van der Waals surface area contributed by atoms with Crippen molar-refractivity contribution in [1.29, 1.82) is 0 Å². The van der Waals surface area contributed by atoms with Gasteiger partial charge < -0.3 is 19.1 Å². The second kappa shape index (κ2) is 7.64. The number of methoxy groups -OCH3 is 3. The number of hydrogen-bond donors (Lipinski definition) is 0. The van der Waals surface area contributed by atoms with Crippen LogP contribution in [0.4, 0.5) is 4.39 Å². The predicted octanol–water partition coefficient (Wildman–Crippen LogP) is 3.66. The number of nitrogens with zero attached hydrogens (tertiary/aromatic N) is 1. The van der Waals surface area contributed by atoms with Gasteiger partial charge in [0, 0.05) is 23.7 Å². The van der Waals surface area contributed by atoms with E-state index in [2.05, 4.69) is 0 Å². The fourth-order valence-corrected chi connectivity index (χ4v) is 2.93. The Morgan fingerprint density at radius 1 is 1.08 bits per heavy atom. The molecule has 2 aromatic carbocycles. The highest BCUT2D eigenvalue weighted by molar-refractivity contribution is 5.96. The first-order valence-corrected chi connectivity index (χ1v) is 8.43. The van der Waals surface area contributed by atoms with Crippen LogP contribution in [0.15, 0.2) is 36.4 Å². The van der Waals surface area contributed by atoms with Crippen molar-refractivity contribution < 1.29 is 23.4 Å². The molecule has 0 atom stereocenters. The second-order valence-corrected chi connectivity index (χ2v) is 6.17. The van der Waals surface area contributed by atoms with Crippen molar-refractivity contribution in [1.82, 2.24) is 4.90 Å². The topological polar surface area (TPSA) is 48.0 Å². The summed E-state index contributed by atoms with van der Waals surface area (Å²) in [6.07, 6.45) is 1.84. The van der Waals surface area contributed by atoms with Crippen LogP contribution in [-0.2, 0) is 6.54 Å². The molecule has 5 nitrogen and oxygen atoms in total. The van der Waals surface area contributed by atoms with Crippen molar-refractivity contribution in [2.45, 2.75) is 25.4 Å². The number of carbonyl (C=O) groups excluding carboxylic acids is 1. The van der Waals surface area contributed by atoms with Crippen molar-refractivity contribution in [3.8, 4) is 17.2 Å². The molecule has 0 spiro atoms. The monoisotopic (exact) mass is 359 g/mol. The van der Waals surface area contributed by atoms with Crippen LogP contribution >= 0.6 is 0 Å². The SMILES string of the molecule is COc1cc(C(=O)N(Cc2ccccc2F)C2CC2)cc(OC)c1OC. The summed E-state index contributed by atoms with van der Waals surface area (Å²) >= 11 is 0. The standard InChI is InChI=1S/C20H22FNO4/c1-24-17-10-14(11-18(25-2)19(17)26-3)20(23)22(15-8-9-15)12-13-6-4-5-7-16(13)21/h4-7,10-11,15H,8-9,12H2,1-3H3. The summed E-state index contributed by atoms with van der Waals surface area (Å²) in [6, 6.07) is 9.90. The minimum Gasteiger partial charge on any atom is -0.493 e. The zero-order valence-corrected chi connectivity index (χ0v) is 15.1. The van der Waals surface area contributed by atoms with Gasteiger partial charge in [-0.3, -0.25) is 4.79 Å². The van der Waals surface area contributed by atoms with Crippen molar-refractivity contribution >= 4 is 5.91 Å². The molecule has 6 heteroatoms. The number of ether oxygens (including phenoxy) is 3. The lowest BCUT2D eigenvalue weighted by molar-refractivity contribution is 0.0727. The maximum atomic E-state index is 14.0. The molecule has 0 bridgehead atoms. The van der Waals surface area contributed by atoms with Gasteiger partial charge in [-0.15, -0.1) is 0 Å². The van der Waals surface area contributed by atoms with E-state index in [1.807, 2.05) is 0 Å². The Kier molecular flexibility index (Phi) is 5.30. The van der Waals surface area contributed by atoms with E-state index in [1.165, 1.54) is 27.4 Å². The summed E-state index contributed by atoms with van der Waals surface area (Å²) in [5.74, 6) is 0.762. The summed E-state index contributed by atoms with van der Waals surface area (Å²) in [5.41, 5.74) is 0.919. The third kappa shape index (κ3) is 3.59. The number of amides is 1. The first-order chi connectivity index (χ1) is 12.6. The number of hydrogen-bond acceptors (Lipinski definition) is 4. The molecule has 1 saturated carbocycles. The Hall–Kier alpha value is -2.76. The Morgan fingerprint density at radius 2 is 1.69 bits per heavy atom. The molecule has 0 saturated heterocycles. The molecule has 1 fully saturated rings. The van der Waals surface area contributed by atoms with Gasteiger partial charge in [-0.1, -0.05) is 18.2 Å². The Balaban J connectivity index is 1.94. The quantitative estimate of drug-likeness (QED) is 0.757. The Labute approximate surface area is 152 Å². The maximum absolute atomic E-state index is 14.0. The molecule has 0 N–H and O–H groups in total. The highest BCUT2D eigenvalue weighted by atomic mass is 19.1. The lowest BCUT2D eigenvalue weighted by atomic mass is 10.1. The molecule has 0 heterocycles. The third-order valence-corrected chi connectivity index (χ3v) is 4.46. The smallest absolute Gasteiger partial charge is 0.254 e. The molecule has 1 amide bonds. The van der Waals surface area contributed by atoms with E-state index < -0.39 is 0 Å². The zero-order chi connectivity index (χ0) is 18.7. The number of halogens is 1. The summed E-state index contributed by atoms with van der Waals surface area (Å²) < 4.78 is 30.0. The van der Waals surface area contributed by atoms with E-state index in [4.69, 9.17) is 14.2 Å². The predicted molar refractivity (Wildman–Crippen MR) is 95.4 cm³/mol. The van der Waals surface area contributed by atoms with Gasteiger partial charge in [0.15, 0.2) is 11.5 Å². The van der Waals surface area contributed by atoms with E-state index in [0.29, 0.717) is 28.4 Å². The molecule has 1 aliphatic carbocycles. The molecule has 2 aromatic rings. The van der Waals surface area contributed by atoms with Gasteiger partial charge in [0.1, 0.15) is 5.82 Å². The van der Waals surface area contributed by atoms with E-state index >= 15 is 0 Å². The third-order valence-electron chi connectivity index (χ3n) is 4.46. The summed E-state index contributed by atoms with van der Waals surface area (Å²) in [5, 5.41) is 0. The fourth-order valence-electron chi connectivity index (χ4n) is 2.93. The average molecular weight is 359 g/mol. The second-order valence-electron chi connectivity index (χ2n) is 6.17. The van der Waals surface area contributed by atoms with Gasteiger partial charge in [0.25, 0.3) is 5.91 Å². The molecular formula is C20H22FNO4. The van der Waals surface area contributed by atoms with Crippen LogP contribution in [0.1, 0.15) is 28.8 Å². The lowest BCUT2D eigenvalue weighted by Gasteiger charge is -2.24. The number of carbonyl (C=O) groups is 1. The van der Waals surface area contributed by atoms with Crippen molar-refractivity contribution in [3.63, 3.8) is 0 Å². The van der Waals surface area contributed by atoms with E-state index in [-0.39, 0.29) is 24.3 Å². The van der Waals surface area contributed by atoms with E-state index in [9.17, 15) is 9.18 Å². The van der Waals surface area contributed by atoms with Crippen LogP contribution in [-0.4, -0.2) is 38.2 Å². The molecule has 138 valence electrons. The van der Waals surface area contributed by atoms with Crippen molar-refractivity contribution in [2.75, 3.05) is 21.3 Å². The first-order valence-electron chi connectivity index (χ1n) is 8.43. The summed E-state index contributed by atoms with van der Waals surface area (Å²) in [6.45, 7) is 0.229. The average Bonchev–Trinajstić information content (AvgIpc) is 3.50. The first kappa shape index (κ1) is 18.0. The van der Waals surface area contributed by atoms with Crippen molar-refractivity contribution in [3.05, 3.63) is 53.3 Å². The lowest BCUT2D eigenvalue weighted by Crippen LogP contribution is -2.33. The molecule has 0 radical (unpaired) electrons. The van der Waals surface area contributed by atoms with Crippen molar-refractivity contribution in [2.24, 2.45) is 0 Å². The van der Waals surface area contributed by atoms with Crippen LogP contribution in [0.3, 0.4) is 0 Å². The molecular weight excluding hydrogens is 337 g/mol. The van der Waals surface area contributed by atoms with Gasteiger partial charge in [-0.25, -0.2) is 4.39 Å².